The summed E-state index contributed by atoms with van der Waals surface area (Å²) in [6, 6.07) is 7.46. The molecular formula is C18H23ClN4O2S. The van der Waals surface area contributed by atoms with E-state index in [0.29, 0.717) is 13.1 Å². The van der Waals surface area contributed by atoms with E-state index >= 15 is 0 Å². The molecule has 1 aliphatic rings. The Kier molecular flexibility index (Phi) is 7.56. The van der Waals surface area contributed by atoms with Gasteiger partial charge >= 0.3 is 0 Å². The minimum absolute atomic E-state index is 0. The van der Waals surface area contributed by atoms with Gasteiger partial charge in [-0.25, -0.2) is 0 Å². The van der Waals surface area contributed by atoms with Gasteiger partial charge in [0.05, 0.1) is 18.5 Å². The SMILES string of the molecule is CC(=O)NC(CC(=O)N1CCNCC1c1cccnc1)c1cccs1.Cl. The zero-order valence-electron chi connectivity index (χ0n) is 14.6. The lowest BCUT2D eigenvalue weighted by Crippen LogP contribution is -2.49. The van der Waals surface area contributed by atoms with Gasteiger partial charge in [0.25, 0.3) is 0 Å². The molecule has 2 aromatic rings. The second kappa shape index (κ2) is 9.66. The maximum atomic E-state index is 13.0. The number of thiophene rings is 1. The molecule has 0 bridgehead atoms. The summed E-state index contributed by atoms with van der Waals surface area (Å²) in [6.07, 6.45) is 3.80. The number of hydrogen-bond donors (Lipinski definition) is 2. The van der Waals surface area contributed by atoms with Crippen LogP contribution in [0.25, 0.3) is 0 Å². The largest absolute Gasteiger partial charge is 0.348 e. The van der Waals surface area contributed by atoms with Crippen LogP contribution in [-0.4, -0.2) is 41.3 Å². The number of piperazine rings is 1. The highest BCUT2D eigenvalue weighted by Crippen LogP contribution is 2.27. The third-order valence-electron chi connectivity index (χ3n) is 4.28. The first kappa shape index (κ1) is 20.4. The highest BCUT2D eigenvalue weighted by molar-refractivity contribution is 7.10. The quantitative estimate of drug-likeness (QED) is 0.816. The molecule has 8 heteroatoms. The lowest BCUT2D eigenvalue weighted by atomic mass is 10.0. The van der Waals surface area contributed by atoms with Crippen molar-refractivity contribution in [3.8, 4) is 0 Å². The molecule has 3 heterocycles. The minimum Gasteiger partial charge on any atom is -0.348 e. The van der Waals surface area contributed by atoms with Crippen molar-refractivity contribution < 1.29 is 9.59 Å². The van der Waals surface area contributed by atoms with Crippen molar-refractivity contribution in [1.29, 1.82) is 0 Å². The van der Waals surface area contributed by atoms with Crippen LogP contribution in [0, 0.1) is 0 Å². The maximum absolute atomic E-state index is 13.0. The van der Waals surface area contributed by atoms with Gasteiger partial charge in [0, 0.05) is 43.8 Å². The number of carbonyl (C=O) groups excluding carboxylic acids is 2. The molecular weight excluding hydrogens is 372 g/mol. The molecule has 2 unspecified atom stereocenters. The molecule has 2 atom stereocenters. The Balaban J connectivity index is 0.00000243. The summed E-state index contributed by atoms with van der Waals surface area (Å²) >= 11 is 1.55. The Morgan fingerprint density at radius 1 is 1.42 bits per heavy atom. The number of aromatic nitrogens is 1. The van der Waals surface area contributed by atoms with E-state index < -0.39 is 0 Å². The first-order valence-electron chi connectivity index (χ1n) is 8.36. The summed E-state index contributed by atoms with van der Waals surface area (Å²) in [7, 11) is 0. The van der Waals surface area contributed by atoms with Gasteiger partial charge in [0.2, 0.25) is 11.8 Å². The molecule has 2 N–H and O–H groups in total. The van der Waals surface area contributed by atoms with E-state index in [2.05, 4.69) is 15.6 Å². The molecule has 6 nitrogen and oxygen atoms in total. The third-order valence-corrected chi connectivity index (χ3v) is 5.26. The fourth-order valence-electron chi connectivity index (χ4n) is 3.12. The lowest BCUT2D eigenvalue weighted by Gasteiger charge is -2.37. The summed E-state index contributed by atoms with van der Waals surface area (Å²) in [4.78, 5) is 31.6. The second-order valence-corrected chi connectivity index (χ2v) is 7.05. The number of carbonyl (C=O) groups is 2. The molecule has 2 aromatic heterocycles. The van der Waals surface area contributed by atoms with Crippen LogP contribution in [0.5, 0.6) is 0 Å². The molecule has 0 radical (unpaired) electrons. The predicted octanol–water partition coefficient (Wildman–Crippen LogP) is 2.31. The van der Waals surface area contributed by atoms with Crippen molar-refractivity contribution in [2.75, 3.05) is 19.6 Å². The van der Waals surface area contributed by atoms with E-state index in [1.807, 2.05) is 40.7 Å². The molecule has 0 saturated carbocycles. The van der Waals surface area contributed by atoms with Crippen molar-refractivity contribution in [3.05, 3.63) is 52.5 Å². The molecule has 1 fully saturated rings. The Hall–Kier alpha value is -1.96. The van der Waals surface area contributed by atoms with E-state index in [4.69, 9.17) is 0 Å². The summed E-state index contributed by atoms with van der Waals surface area (Å²) in [6.45, 7) is 3.61. The van der Waals surface area contributed by atoms with Gasteiger partial charge in [-0.2, -0.15) is 0 Å². The van der Waals surface area contributed by atoms with Crippen LogP contribution in [0.3, 0.4) is 0 Å². The van der Waals surface area contributed by atoms with Crippen LogP contribution in [-0.2, 0) is 9.59 Å². The summed E-state index contributed by atoms with van der Waals surface area (Å²) < 4.78 is 0. The molecule has 0 spiro atoms. The van der Waals surface area contributed by atoms with Gasteiger partial charge < -0.3 is 15.5 Å². The molecule has 140 valence electrons. The van der Waals surface area contributed by atoms with Gasteiger partial charge in [-0.05, 0) is 23.1 Å². The lowest BCUT2D eigenvalue weighted by molar-refractivity contribution is -0.135. The highest BCUT2D eigenvalue weighted by atomic mass is 35.5. The zero-order chi connectivity index (χ0) is 17.6. The summed E-state index contributed by atoms with van der Waals surface area (Å²) in [5.74, 6) is -0.0853. The van der Waals surface area contributed by atoms with E-state index in [9.17, 15) is 9.59 Å². The van der Waals surface area contributed by atoms with Crippen molar-refractivity contribution in [1.82, 2.24) is 20.5 Å². The molecule has 1 aliphatic heterocycles. The predicted molar refractivity (Wildman–Crippen MR) is 104 cm³/mol. The van der Waals surface area contributed by atoms with Gasteiger partial charge in [-0.3, -0.25) is 14.6 Å². The third kappa shape index (κ3) is 5.03. The smallest absolute Gasteiger partial charge is 0.225 e. The number of nitrogens with one attached hydrogen (secondary N) is 2. The van der Waals surface area contributed by atoms with Gasteiger partial charge in [-0.1, -0.05) is 12.1 Å². The molecule has 26 heavy (non-hydrogen) atoms. The van der Waals surface area contributed by atoms with Crippen molar-refractivity contribution >= 4 is 35.6 Å². The van der Waals surface area contributed by atoms with Crippen molar-refractivity contribution in [2.24, 2.45) is 0 Å². The zero-order valence-corrected chi connectivity index (χ0v) is 16.2. The second-order valence-electron chi connectivity index (χ2n) is 6.07. The highest BCUT2D eigenvalue weighted by Gasteiger charge is 2.30. The normalized spacial score (nSPS) is 17.9. The number of nitrogens with zero attached hydrogens (tertiary/aromatic N) is 2. The summed E-state index contributed by atoms with van der Waals surface area (Å²) in [5.41, 5.74) is 1.02. The number of hydrogen-bond acceptors (Lipinski definition) is 5. The Morgan fingerprint density at radius 2 is 2.27 bits per heavy atom. The number of halogens is 1. The molecule has 2 amide bonds. The van der Waals surface area contributed by atoms with E-state index in [1.165, 1.54) is 6.92 Å². The average Bonchev–Trinajstić information content (AvgIpc) is 3.16. The summed E-state index contributed by atoms with van der Waals surface area (Å²) in [5, 5.41) is 8.20. The molecule has 0 aliphatic carbocycles. The maximum Gasteiger partial charge on any atom is 0.225 e. The van der Waals surface area contributed by atoms with Crippen LogP contribution in [0.15, 0.2) is 42.0 Å². The van der Waals surface area contributed by atoms with E-state index in [1.54, 1.807) is 17.5 Å². The Bertz CT molecular complexity index is 711. The van der Waals surface area contributed by atoms with Crippen LogP contribution in [0.2, 0.25) is 0 Å². The monoisotopic (exact) mass is 394 g/mol. The Labute approximate surface area is 163 Å². The van der Waals surface area contributed by atoms with Crippen molar-refractivity contribution in [2.45, 2.75) is 25.4 Å². The van der Waals surface area contributed by atoms with Crippen LogP contribution < -0.4 is 10.6 Å². The fraction of sp³-hybridized carbons (Fsp3) is 0.389. The number of rotatable bonds is 5. The van der Waals surface area contributed by atoms with Gasteiger partial charge in [0.1, 0.15) is 0 Å². The first-order chi connectivity index (χ1) is 12.1. The first-order valence-corrected chi connectivity index (χ1v) is 9.23. The number of pyridine rings is 1. The van der Waals surface area contributed by atoms with Crippen LogP contribution in [0.1, 0.15) is 35.9 Å². The number of amides is 2. The Morgan fingerprint density at radius 3 is 2.92 bits per heavy atom. The van der Waals surface area contributed by atoms with Crippen LogP contribution >= 0.6 is 23.7 Å². The molecule has 3 rings (SSSR count). The topological polar surface area (TPSA) is 74.3 Å². The van der Waals surface area contributed by atoms with E-state index in [0.717, 1.165) is 17.0 Å². The van der Waals surface area contributed by atoms with E-state index in [-0.39, 0.29) is 42.7 Å². The standard InChI is InChI=1S/C18H22N4O2S.ClH/c1-13(23)21-15(17-5-3-9-25-17)10-18(24)22-8-7-20-12-16(22)14-4-2-6-19-11-14;/h2-6,9,11,15-16,20H,7-8,10,12H2,1H3,(H,21,23);1H. The minimum atomic E-state index is -0.283. The van der Waals surface area contributed by atoms with Gasteiger partial charge in [0.15, 0.2) is 0 Å². The molecule has 0 aromatic carbocycles. The van der Waals surface area contributed by atoms with Crippen LogP contribution in [0.4, 0.5) is 0 Å². The average molecular weight is 395 g/mol. The fourth-order valence-corrected chi connectivity index (χ4v) is 3.90. The van der Waals surface area contributed by atoms with Gasteiger partial charge in [-0.15, -0.1) is 23.7 Å². The molecule has 1 saturated heterocycles. The van der Waals surface area contributed by atoms with Crippen molar-refractivity contribution in [3.63, 3.8) is 0 Å².